The number of thiocarbonyl (C=S) groups is 1. The minimum Gasteiger partial charge on any atom is -0.496 e. The molecule has 1 aliphatic heterocycles. The van der Waals surface area contributed by atoms with Gasteiger partial charge in [0, 0.05) is 31.9 Å². The molecule has 1 N–H and O–H groups in total. The molecule has 1 fully saturated rings. The number of hydrogen-bond acceptors (Lipinski definition) is 4. The van der Waals surface area contributed by atoms with E-state index in [1.807, 2.05) is 29.2 Å². The van der Waals surface area contributed by atoms with Crippen LogP contribution in [0.3, 0.4) is 0 Å². The molecule has 1 aliphatic rings. The van der Waals surface area contributed by atoms with Gasteiger partial charge in [0.1, 0.15) is 5.75 Å². The quantitative estimate of drug-likeness (QED) is 0.858. The number of nitrogens with zero attached hydrogens (tertiary/aromatic N) is 2. The normalized spacial score (nSPS) is 14.1. The summed E-state index contributed by atoms with van der Waals surface area (Å²) in [5.74, 6) is 0.296. The second kappa shape index (κ2) is 7.98. The van der Waals surface area contributed by atoms with Crippen LogP contribution in [0.15, 0.2) is 54.6 Å². The second-order valence-corrected chi connectivity index (χ2v) is 6.16. The molecule has 0 spiro atoms. The first-order valence-electron chi connectivity index (χ1n) is 8.22. The highest BCUT2D eigenvalue weighted by atomic mass is 32.1. The summed E-state index contributed by atoms with van der Waals surface area (Å²) in [6, 6.07) is 17.4. The minimum atomic E-state index is -0.243. The van der Waals surface area contributed by atoms with Gasteiger partial charge < -0.3 is 14.5 Å². The fraction of sp³-hybridized carbons (Fsp3) is 0.263. The van der Waals surface area contributed by atoms with Gasteiger partial charge in [-0.1, -0.05) is 30.3 Å². The highest BCUT2D eigenvalue weighted by Gasteiger charge is 2.21. The van der Waals surface area contributed by atoms with Crippen molar-refractivity contribution in [3.8, 4) is 5.75 Å². The molecule has 0 radical (unpaired) electrons. The van der Waals surface area contributed by atoms with E-state index in [1.165, 1.54) is 5.69 Å². The predicted octanol–water partition coefficient (Wildman–Crippen LogP) is 2.53. The number of amides is 1. The molecule has 1 saturated heterocycles. The van der Waals surface area contributed by atoms with Crippen LogP contribution in [0.1, 0.15) is 10.4 Å². The molecule has 6 heteroatoms. The van der Waals surface area contributed by atoms with Crippen LogP contribution in [0.5, 0.6) is 5.75 Å². The monoisotopic (exact) mass is 355 g/mol. The summed E-state index contributed by atoms with van der Waals surface area (Å²) >= 11 is 5.42. The van der Waals surface area contributed by atoms with E-state index in [0.29, 0.717) is 16.4 Å². The van der Waals surface area contributed by atoms with E-state index in [4.69, 9.17) is 17.0 Å². The third-order valence-corrected chi connectivity index (χ3v) is 4.62. The lowest BCUT2D eigenvalue weighted by Crippen LogP contribution is -2.52. The highest BCUT2D eigenvalue weighted by molar-refractivity contribution is 7.80. The number of methoxy groups -OCH3 is 1. The third kappa shape index (κ3) is 4.09. The Labute approximate surface area is 153 Å². The Morgan fingerprint density at radius 1 is 1.00 bits per heavy atom. The number of nitrogens with one attached hydrogen (secondary N) is 1. The maximum Gasteiger partial charge on any atom is 0.261 e. The van der Waals surface area contributed by atoms with Crippen LogP contribution in [0, 0.1) is 0 Å². The van der Waals surface area contributed by atoms with Gasteiger partial charge in [-0.2, -0.15) is 0 Å². The molecule has 0 aromatic heterocycles. The lowest BCUT2D eigenvalue weighted by molar-refractivity contribution is 0.0970. The number of hydrogen-bond donors (Lipinski definition) is 1. The summed E-state index contributed by atoms with van der Waals surface area (Å²) in [5, 5.41) is 3.28. The zero-order valence-corrected chi connectivity index (χ0v) is 15.0. The standard InChI is InChI=1S/C19H21N3O2S/c1-24-17-10-6-5-9-16(17)18(23)20-19(25)22-13-11-21(12-14-22)15-7-3-2-4-8-15/h2-10H,11-14H2,1H3,(H,20,23,25). The van der Waals surface area contributed by atoms with Gasteiger partial charge in [0.25, 0.3) is 5.91 Å². The fourth-order valence-corrected chi connectivity index (χ4v) is 3.16. The van der Waals surface area contributed by atoms with E-state index in [2.05, 4.69) is 22.3 Å². The summed E-state index contributed by atoms with van der Waals surface area (Å²) in [5.41, 5.74) is 1.70. The van der Waals surface area contributed by atoms with Gasteiger partial charge in [0.05, 0.1) is 12.7 Å². The predicted molar refractivity (Wildman–Crippen MR) is 103 cm³/mol. The van der Waals surface area contributed by atoms with Gasteiger partial charge in [-0.05, 0) is 36.5 Å². The van der Waals surface area contributed by atoms with Crippen molar-refractivity contribution in [2.24, 2.45) is 0 Å². The minimum absolute atomic E-state index is 0.243. The summed E-state index contributed by atoms with van der Waals surface area (Å²) in [4.78, 5) is 16.8. The summed E-state index contributed by atoms with van der Waals surface area (Å²) in [6.07, 6.45) is 0. The number of ether oxygens (including phenoxy) is 1. The van der Waals surface area contributed by atoms with Gasteiger partial charge in [-0.25, -0.2) is 0 Å². The van der Waals surface area contributed by atoms with Crippen molar-refractivity contribution in [3.05, 3.63) is 60.2 Å². The number of carbonyl (C=O) groups is 1. The maximum absolute atomic E-state index is 12.4. The molecular formula is C19H21N3O2S. The van der Waals surface area contributed by atoms with Crippen LogP contribution in [-0.2, 0) is 0 Å². The SMILES string of the molecule is COc1ccccc1C(=O)NC(=S)N1CCN(c2ccccc2)CC1. The number of benzene rings is 2. The third-order valence-electron chi connectivity index (χ3n) is 4.26. The molecule has 1 amide bonds. The molecule has 0 unspecified atom stereocenters. The summed E-state index contributed by atoms with van der Waals surface area (Å²) in [7, 11) is 1.55. The van der Waals surface area contributed by atoms with E-state index in [0.717, 1.165) is 26.2 Å². The van der Waals surface area contributed by atoms with Crippen LogP contribution in [0.25, 0.3) is 0 Å². The van der Waals surface area contributed by atoms with Crippen LogP contribution in [0.2, 0.25) is 0 Å². The topological polar surface area (TPSA) is 44.8 Å². The van der Waals surface area contributed by atoms with Crippen LogP contribution < -0.4 is 15.0 Å². The molecular weight excluding hydrogens is 334 g/mol. The Kier molecular flexibility index (Phi) is 5.50. The van der Waals surface area contributed by atoms with Crippen molar-refractivity contribution in [1.29, 1.82) is 0 Å². The Bertz CT molecular complexity index is 743. The van der Waals surface area contributed by atoms with Gasteiger partial charge in [0.2, 0.25) is 0 Å². The number of carbonyl (C=O) groups excluding carboxylic acids is 1. The molecule has 0 bridgehead atoms. The van der Waals surface area contributed by atoms with E-state index >= 15 is 0 Å². The highest BCUT2D eigenvalue weighted by Crippen LogP contribution is 2.18. The molecule has 0 aliphatic carbocycles. The molecule has 0 saturated carbocycles. The van der Waals surface area contributed by atoms with Gasteiger partial charge >= 0.3 is 0 Å². The zero-order chi connectivity index (χ0) is 17.6. The summed E-state index contributed by atoms with van der Waals surface area (Å²) < 4.78 is 5.23. The number of para-hydroxylation sites is 2. The number of anilines is 1. The van der Waals surface area contributed by atoms with Crippen molar-refractivity contribution in [3.63, 3.8) is 0 Å². The molecule has 25 heavy (non-hydrogen) atoms. The van der Waals surface area contributed by atoms with E-state index in [9.17, 15) is 4.79 Å². The zero-order valence-electron chi connectivity index (χ0n) is 14.1. The number of rotatable bonds is 3. The first-order chi connectivity index (χ1) is 12.2. The van der Waals surface area contributed by atoms with Crippen molar-refractivity contribution in [2.75, 3.05) is 38.2 Å². The Balaban J connectivity index is 1.57. The van der Waals surface area contributed by atoms with Crippen molar-refractivity contribution >= 4 is 28.9 Å². The van der Waals surface area contributed by atoms with E-state index in [1.54, 1.807) is 25.3 Å². The van der Waals surface area contributed by atoms with Crippen LogP contribution >= 0.6 is 12.2 Å². The van der Waals surface area contributed by atoms with Crippen molar-refractivity contribution < 1.29 is 9.53 Å². The second-order valence-electron chi connectivity index (χ2n) is 5.77. The van der Waals surface area contributed by atoms with E-state index < -0.39 is 0 Å². The Hall–Kier alpha value is -2.60. The molecule has 2 aromatic rings. The first-order valence-corrected chi connectivity index (χ1v) is 8.63. The fourth-order valence-electron chi connectivity index (χ4n) is 2.88. The smallest absolute Gasteiger partial charge is 0.261 e. The lowest BCUT2D eigenvalue weighted by Gasteiger charge is -2.37. The number of piperazine rings is 1. The average molecular weight is 355 g/mol. The maximum atomic E-state index is 12.4. The Morgan fingerprint density at radius 3 is 2.32 bits per heavy atom. The lowest BCUT2D eigenvalue weighted by atomic mass is 10.2. The van der Waals surface area contributed by atoms with Crippen molar-refractivity contribution in [2.45, 2.75) is 0 Å². The van der Waals surface area contributed by atoms with Crippen LogP contribution in [-0.4, -0.2) is 49.2 Å². The molecule has 5 nitrogen and oxygen atoms in total. The van der Waals surface area contributed by atoms with Gasteiger partial charge in [-0.3, -0.25) is 10.1 Å². The molecule has 0 atom stereocenters. The van der Waals surface area contributed by atoms with E-state index in [-0.39, 0.29) is 5.91 Å². The van der Waals surface area contributed by atoms with Crippen LogP contribution in [0.4, 0.5) is 5.69 Å². The summed E-state index contributed by atoms with van der Waals surface area (Å²) in [6.45, 7) is 3.29. The van der Waals surface area contributed by atoms with Gasteiger partial charge in [0.15, 0.2) is 5.11 Å². The molecule has 2 aromatic carbocycles. The van der Waals surface area contributed by atoms with Crippen molar-refractivity contribution in [1.82, 2.24) is 10.2 Å². The Morgan fingerprint density at radius 2 is 1.64 bits per heavy atom. The molecule has 1 heterocycles. The van der Waals surface area contributed by atoms with Gasteiger partial charge in [-0.15, -0.1) is 0 Å². The first kappa shape index (κ1) is 17.2. The molecule has 130 valence electrons. The average Bonchev–Trinajstić information content (AvgIpc) is 2.68. The largest absolute Gasteiger partial charge is 0.496 e. The molecule has 3 rings (SSSR count).